The molecule has 1 fully saturated rings. The molecule has 0 atom stereocenters. The highest BCUT2D eigenvalue weighted by Gasteiger charge is 2.27. The number of nitrogens with zero attached hydrogens (tertiary/aromatic N) is 5. The normalized spacial score (nSPS) is 15.1. The largest absolute Gasteiger partial charge is 0.342 e. The van der Waals surface area contributed by atoms with Crippen LogP contribution in [0, 0.1) is 0 Å². The van der Waals surface area contributed by atoms with E-state index >= 15 is 0 Å². The molecule has 0 spiro atoms. The molecular formula is C20H22ClN5O2. The van der Waals surface area contributed by atoms with Gasteiger partial charge in [-0.15, -0.1) is 0 Å². The van der Waals surface area contributed by atoms with Crippen LogP contribution in [-0.4, -0.2) is 43.8 Å². The molecular weight excluding hydrogens is 378 g/mol. The summed E-state index contributed by atoms with van der Waals surface area (Å²) >= 11 is 6.17. The van der Waals surface area contributed by atoms with Crippen molar-refractivity contribution in [2.45, 2.75) is 38.6 Å². The zero-order chi connectivity index (χ0) is 19.5. The number of benzene rings is 1. The van der Waals surface area contributed by atoms with Crippen LogP contribution >= 0.6 is 11.6 Å². The highest BCUT2D eigenvalue weighted by Crippen LogP contribution is 2.28. The van der Waals surface area contributed by atoms with Gasteiger partial charge in [-0.25, -0.2) is 0 Å². The third-order valence-corrected chi connectivity index (χ3v) is 5.56. The first kappa shape index (κ1) is 18.7. The SMILES string of the molecule is CCn1nccc1-c1nc(C2CCN(C(=O)Cc3ccccc3Cl)CC2)no1. The average molecular weight is 400 g/mol. The van der Waals surface area contributed by atoms with Gasteiger partial charge in [0.2, 0.25) is 5.91 Å². The van der Waals surface area contributed by atoms with E-state index in [-0.39, 0.29) is 11.8 Å². The Morgan fingerprint density at radius 2 is 2.04 bits per heavy atom. The lowest BCUT2D eigenvalue weighted by atomic mass is 9.95. The lowest BCUT2D eigenvalue weighted by molar-refractivity contribution is -0.131. The Morgan fingerprint density at radius 3 is 2.79 bits per heavy atom. The van der Waals surface area contributed by atoms with E-state index in [2.05, 4.69) is 15.2 Å². The van der Waals surface area contributed by atoms with Crippen LogP contribution in [0.5, 0.6) is 0 Å². The predicted octanol–water partition coefficient (Wildman–Crippen LogP) is 3.56. The summed E-state index contributed by atoms with van der Waals surface area (Å²) in [7, 11) is 0. The fourth-order valence-electron chi connectivity index (χ4n) is 3.57. The highest BCUT2D eigenvalue weighted by molar-refractivity contribution is 6.31. The summed E-state index contributed by atoms with van der Waals surface area (Å²) in [4.78, 5) is 19.1. The van der Waals surface area contributed by atoms with Gasteiger partial charge in [0.15, 0.2) is 5.82 Å². The second-order valence-corrected chi connectivity index (χ2v) is 7.32. The Balaban J connectivity index is 1.37. The van der Waals surface area contributed by atoms with Gasteiger partial charge >= 0.3 is 0 Å². The van der Waals surface area contributed by atoms with Crippen LogP contribution in [0.2, 0.25) is 5.02 Å². The molecule has 1 aliphatic rings. The number of carbonyl (C=O) groups excluding carboxylic acids is 1. The van der Waals surface area contributed by atoms with Crippen LogP contribution in [-0.2, 0) is 17.8 Å². The minimum absolute atomic E-state index is 0.104. The molecule has 1 saturated heterocycles. The van der Waals surface area contributed by atoms with Gasteiger partial charge in [-0.05, 0) is 37.5 Å². The third-order valence-electron chi connectivity index (χ3n) is 5.19. The van der Waals surface area contributed by atoms with Crippen molar-refractivity contribution in [2.75, 3.05) is 13.1 Å². The molecule has 1 amide bonds. The molecule has 2 aromatic heterocycles. The van der Waals surface area contributed by atoms with Gasteiger partial charge < -0.3 is 9.42 Å². The molecule has 3 aromatic rings. The van der Waals surface area contributed by atoms with Crippen molar-refractivity contribution in [3.8, 4) is 11.6 Å². The number of piperidine rings is 1. The standard InChI is InChI=1S/C20H22ClN5O2/c1-2-26-17(7-10-22-26)20-23-19(24-28-20)14-8-11-25(12-9-14)18(27)13-15-5-3-4-6-16(15)21/h3-7,10,14H,2,8-9,11-13H2,1H3. The molecule has 0 unspecified atom stereocenters. The van der Waals surface area contributed by atoms with Gasteiger partial charge in [0.25, 0.3) is 5.89 Å². The topological polar surface area (TPSA) is 77.1 Å². The number of likely N-dealkylation sites (tertiary alicyclic amines) is 1. The fraction of sp³-hybridized carbons (Fsp3) is 0.400. The number of carbonyl (C=O) groups is 1. The minimum atomic E-state index is 0.104. The first-order chi connectivity index (χ1) is 13.7. The van der Waals surface area contributed by atoms with Crippen LogP contribution in [0.3, 0.4) is 0 Å². The van der Waals surface area contributed by atoms with Crippen LogP contribution in [0.15, 0.2) is 41.1 Å². The van der Waals surface area contributed by atoms with E-state index in [4.69, 9.17) is 16.1 Å². The van der Waals surface area contributed by atoms with Crippen LogP contribution in [0.4, 0.5) is 0 Å². The maximum atomic E-state index is 12.6. The zero-order valence-electron chi connectivity index (χ0n) is 15.7. The molecule has 8 heteroatoms. The lowest BCUT2D eigenvalue weighted by Crippen LogP contribution is -2.39. The van der Waals surface area contributed by atoms with E-state index in [1.165, 1.54) is 0 Å². The molecule has 0 aliphatic carbocycles. The van der Waals surface area contributed by atoms with Crippen molar-refractivity contribution in [3.63, 3.8) is 0 Å². The number of amides is 1. The van der Waals surface area contributed by atoms with Crippen LogP contribution in [0.25, 0.3) is 11.6 Å². The molecule has 28 heavy (non-hydrogen) atoms. The molecule has 0 bridgehead atoms. The van der Waals surface area contributed by atoms with Gasteiger partial charge in [0.1, 0.15) is 5.69 Å². The number of rotatable bonds is 5. The minimum Gasteiger partial charge on any atom is -0.342 e. The van der Waals surface area contributed by atoms with Crippen molar-refractivity contribution in [1.29, 1.82) is 0 Å². The van der Waals surface area contributed by atoms with Crippen molar-refractivity contribution in [1.82, 2.24) is 24.8 Å². The van der Waals surface area contributed by atoms with Crippen molar-refractivity contribution in [3.05, 3.63) is 52.9 Å². The Morgan fingerprint density at radius 1 is 1.25 bits per heavy atom. The molecule has 0 N–H and O–H groups in total. The van der Waals surface area contributed by atoms with Crippen LogP contribution < -0.4 is 0 Å². The monoisotopic (exact) mass is 399 g/mol. The van der Waals surface area contributed by atoms with E-state index in [0.717, 1.165) is 30.6 Å². The first-order valence-corrected chi connectivity index (χ1v) is 9.90. The second-order valence-electron chi connectivity index (χ2n) is 6.91. The quantitative estimate of drug-likeness (QED) is 0.655. The van der Waals surface area contributed by atoms with Gasteiger partial charge in [-0.3, -0.25) is 9.48 Å². The summed E-state index contributed by atoms with van der Waals surface area (Å²) in [5, 5.41) is 9.05. The fourth-order valence-corrected chi connectivity index (χ4v) is 3.78. The Kier molecular flexibility index (Phi) is 5.43. The van der Waals surface area contributed by atoms with Crippen molar-refractivity contribution < 1.29 is 9.32 Å². The average Bonchev–Trinajstić information content (AvgIpc) is 3.39. The summed E-state index contributed by atoms with van der Waals surface area (Å²) in [6.07, 6.45) is 3.70. The Labute approximate surface area is 168 Å². The van der Waals surface area contributed by atoms with Crippen molar-refractivity contribution in [2.24, 2.45) is 0 Å². The highest BCUT2D eigenvalue weighted by atomic mass is 35.5. The third kappa shape index (κ3) is 3.80. The van der Waals surface area contributed by atoms with E-state index in [9.17, 15) is 4.79 Å². The molecule has 3 heterocycles. The van der Waals surface area contributed by atoms with E-state index < -0.39 is 0 Å². The van der Waals surface area contributed by atoms with Gasteiger partial charge in [-0.2, -0.15) is 10.1 Å². The van der Waals surface area contributed by atoms with E-state index in [0.29, 0.717) is 36.2 Å². The number of aryl methyl sites for hydroxylation is 1. The number of hydrogen-bond donors (Lipinski definition) is 0. The lowest BCUT2D eigenvalue weighted by Gasteiger charge is -2.30. The molecule has 1 aromatic carbocycles. The van der Waals surface area contributed by atoms with Gasteiger partial charge in [0.05, 0.1) is 6.42 Å². The number of hydrogen-bond acceptors (Lipinski definition) is 5. The second kappa shape index (κ2) is 8.14. The van der Waals surface area contributed by atoms with Gasteiger partial charge in [0, 0.05) is 36.8 Å². The Bertz CT molecular complexity index is 959. The zero-order valence-corrected chi connectivity index (χ0v) is 16.5. The summed E-state index contributed by atoms with van der Waals surface area (Å²) in [5.41, 5.74) is 1.69. The molecule has 1 aliphatic heterocycles. The number of halogens is 1. The van der Waals surface area contributed by atoms with Crippen molar-refractivity contribution >= 4 is 17.5 Å². The maximum absolute atomic E-state index is 12.6. The molecule has 0 radical (unpaired) electrons. The summed E-state index contributed by atoms with van der Waals surface area (Å²) in [6.45, 7) is 4.13. The predicted molar refractivity (Wildman–Crippen MR) is 105 cm³/mol. The molecule has 7 nitrogen and oxygen atoms in total. The van der Waals surface area contributed by atoms with Gasteiger partial charge in [-0.1, -0.05) is 35.0 Å². The summed E-state index contributed by atoms with van der Waals surface area (Å²) in [6, 6.07) is 9.36. The smallest absolute Gasteiger partial charge is 0.276 e. The first-order valence-electron chi connectivity index (χ1n) is 9.52. The summed E-state index contributed by atoms with van der Waals surface area (Å²) in [5.74, 6) is 1.50. The maximum Gasteiger partial charge on any atom is 0.276 e. The number of aromatic nitrogens is 4. The van der Waals surface area contributed by atoms with E-state index in [1.54, 1.807) is 6.20 Å². The van der Waals surface area contributed by atoms with E-state index in [1.807, 2.05) is 46.8 Å². The van der Waals surface area contributed by atoms with Crippen LogP contribution in [0.1, 0.15) is 37.1 Å². The molecule has 4 rings (SSSR count). The summed E-state index contributed by atoms with van der Waals surface area (Å²) < 4.78 is 7.28. The Hall–Kier alpha value is -2.67. The molecule has 146 valence electrons. The molecule has 0 saturated carbocycles.